The molecule has 3 heterocycles. The molecule has 5 aromatic rings. The topological polar surface area (TPSA) is 88.9 Å². The number of nitrogens with zero attached hydrogens (tertiary/aromatic N) is 3. The molecule has 1 aliphatic rings. The molecule has 7 nitrogen and oxygen atoms in total. The molecule has 39 heavy (non-hydrogen) atoms. The van der Waals surface area contributed by atoms with Gasteiger partial charge in [-0.15, -0.1) is 0 Å². The van der Waals surface area contributed by atoms with Crippen LogP contribution < -0.4 is 10.0 Å². The van der Waals surface area contributed by atoms with E-state index >= 15 is 0 Å². The molecule has 0 amide bonds. The van der Waals surface area contributed by atoms with Crippen LogP contribution in [-0.2, 0) is 16.6 Å². The second-order valence-corrected chi connectivity index (χ2v) is 12.2. The summed E-state index contributed by atoms with van der Waals surface area (Å²) in [4.78, 5) is 10.2. The van der Waals surface area contributed by atoms with Crippen molar-refractivity contribution in [2.24, 2.45) is 5.92 Å². The van der Waals surface area contributed by atoms with Gasteiger partial charge in [-0.2, -0.15) is 0 Å². The molecule has 2 aromatic heterocycles. The Balaban J connectivity index is 1.44. The number of hydrogen-bond donors (Lipinski definition) is 2. The van der Waals surface area contributed by atoms with Crippen molar-refractivity contribution < 1.29 is 8.42 Å². The molecule has 8 heteroatoms. The van der Waals surface area contributed by atoms with E-state index in [-0.39, 0.29) is 4.90 Å². The van der Waals surface area contributed by atoms with Crippen LogP contribution in [0, 0.1) is 19.8 Å². The van der Waals surface area contributed by atoms with Crippen LogP contribution in [0.15, 0.2) is 77.7 Å². The average molecular weight is 540 g/mol. The van der Waals surface area contributed by atoms with Crippen molar-refractivity contribution in [2.75, 3.05) is 17.8 Å². The van der Waals surface area contributed by atoms with E-state index in [4.69, 9.17) is 9.97 Å². The molecule has 1 saturated heterocycles. The third kappa shape index (κ3) is 5.14. The number of hydrogen-bond acceptors (Lipinski definition) is 5. The summed E-state index contributed by atoms with van der Waals surface area (Å²) in [6.07, 6.45) is 3.47. The molecule has 0 saturated carbocycles. The molecule has 200 valence electrons. The number of piperidine rings is 1. The Hall–Kier alpha value is -3.75. The number of sulfonamides is 1. The van der Waals surface area contributed by atoms with Crippen molar-refractivity contribution >= 4 is 37.6 Å². The summed E-state index contributed by atoms with van der Waals surface area (Å²) >= 11 is 0. The van der Waals surface area contributed by atoms with Crippen LogP contribution in [0.2, 0.25) is 0 Å². The van der Waals surface area contributed by atoms with E-state index in [1.54, 1.807) is 24.3 Å². The van der Waals surface area contributed by atoms with Crippen molar-refractivity contribution in [3.63, 3.8) is 0 Å². The molecule has 0 spiro atoms. The van der Waals surface area contributed by atoms with Crippen molar-refractivity contribution in [3.8, 4) is 11.4 Å². The van der Waals surface area contributed by atoms with Crippen LogP contribution >= 0.6 is 0 Å². The highest BCUT2D eigenvalue weighted by atomic mass is 32.2. The Morgan fingerprint density at radius 2 is 1.69 bits per heavy atom. The summed E-state index contributed by atoms with van der Waals surface area (Å²) in [6, 6.07) is 22.8. The molecular weight excluding hydrogens is 506 g/mol. The van der Waals surface area contributed by atoms with E-state index in [9.17, 15) is 8.42 Å². The molecule has 3 aromatic carbocycles. The van der Waals surface area contributed by atoms with Crippen molar-refractivity contribution in [1.82, 2.24) is 19.9 Å². The first-order valence-electron chi connectivity index (χ1n) is 13.6. The zero-order chi connectivity index (χ0) is 27.0. The van der Waals surface area contributed by atoms with E-state index in [2.05, 4.69) is 26.7 Å². The molecular formula is C31H33N5O2S. The lowest BCUT2D eigenvalue weighted by Crippen LogP contribution is -2.28. The minimum Gasteiger partial charge on any atom is -0.323 e. The van der Waals surface area contributed by atoms with Gasteiger partial charge in [0.1, 0.15) is 11.3 Å². The minimum atomic E-state index is -3.71. The maximum Gasteiger partial charge on any atom is 0.261 e. The SMILES string of the molecule is Cc1ccc(S(=O)(=O)Nc2ccc3c(c2)nc(C)c2nc(-c4ccccc4)n(CCC4CCNCC4)c23)cc1. The van der Waals surface area contributed by atoms with Gasteiger partial charge in [-0.05, 0) is 82.4 Å². The fraction of sp³-hybridized carbons (Fsp3) is 0.290. The van der Waals surface area contributed by atoms with Gasteiger partial charge >= 0.3 is 0 Å². The first-order valence-corrected chi connectivity index (χ1v) is 15.0. The predicted octanol–water partition coefficient (Wildman–Crippen LogP) is 6.06. The van der Waals surface area contributed by atoms with Crippen LogP contribution in [0.3, 0.4) is 0 Å². The van der Waals surface area contributed by atoms with Crippen molar-refractivity contribution in [1.29, 1.82) is 0 Å². The van der Waals surface area contributed by atoms with Gasteiger partial charge in [-0.25, -0.2) is 13.4 Å². The zero-order valence-corrected chi connectivity index (χ0v) is 23.1. The Bertz CT molecular complexity index is 1740. The quantitative estimate of drug-likeness (QED) is 0.263. The standard InChI is InChI=1S/C31H33N5O2S/c1-21-8-11-26(12-9-21)39(37,38)35-25-10-13-27-28(20-25)33-22(2)29-30(27)36(19-16-23-14-17-32-18-15-23)31(34-29)24-6-4-3-5-7-24/h3-13,20,23,32,35H,14-19H2,1-2H3. The maximum atomic E-state index is 13.0. The first-order chi connectivity index (χ1) is 18.9. The zero-order valence-electron chi connectivity index (χ0n) is 22.3. The van der Waals surface area contributed by atoms with Gasteiger partial charge in [0.2, 0.25) is 0 Å². The lowest BCUT2D eigenvalue weighted by Gasteiger charge is -2.23. The Labute approximate surface area is 229 Å². The van der Waals surface area contributed by atoms with Gasteiger partial charge < -0.3 is 9.88 Å². The highest BCUT2D eigenvalue weighted by molar-refractivity contribution is 7.92. The van der Waals surface area contributed by atoms with Gasteiger partial charge in [-0.3, -0.25) is 9.71 Å². The number of aromatic nitrogens is 3. The van der Waals surface area contributed by atoms with Crippen LogP contribution in [0.4, 0.5) is 5.69 Å². The van der Waals surface area contributed by atoms with E-state index < -0.39 is 10.0 Å². The largest absolute Gasteiger partial charge is 0.323 e. The molecule has 0 atom stereocenters. The van der Waals surface area contributed by atoms with Crippen LogP contribution in [0.5, 0.6) is 0 Å². The second-order valence-electron chi connectivity index (χ2n) is 10.5. The number of nitrogens with one attached hydrogen (secondary N) is 2. The fourth-order valence-corrected chi connectivity index (χ4v) is 6.59. The fourth-order valence-electron chi connectivity index (χ4n) is 5.54. The number of pyridine rings is 1. The normalized spacial score (nSPS) is 14.7. The number of imidazole rings is 1. The lowest BCUT2D eigenvalue weighted by molar-refractivity contribution is 0.340. The highest BCUT2D eigenvalue weighted by Gasteiger charge is 2.21. The van der Waals surface area contributed by atoms with Gasteiger partial charge in [0.25, 0.3) is 10.0 Å². The summed E-state index contributed by atoms with van der Waals surface area (Å²) in [5.74, 6) is 1.63. The predicted molar refractivity (Wildman–Crippen MR) is 157 cm³/mol. The third-order valence-corrected chi connectivity index (χ3v) is 9.08. The number of rotatable bonds is 7. The van der Waals surface area contributed by atoms with Crippen LogP contribution in [0.1, 0.15) is 30.5 Å². The average Bonchev–Trinajstić information content (AvgIpc) is 3.33. The van der Waals surface area contributed by atoms with Crippen molar-refractivity contribution in [2.45, 2.75) is 44.6 Å². The number of anilines is 1. The third-order valence-electron chi connectivity index (χ3n) is 7.69. The van der Waals surface area contributed by atoms with Gasteiger partial charge in [0.15, 0.2) is 0 Å². The molecule has 0 aliphatic carbocycles. The van der Waals surface area contributed by atoms with E-state index in [0.29, 0.717) is 11.6 Å². The second kappa shape index (κ2) is 10.4. The summed E-state index contributed by atoms with van der Waals surface area (Å²) in [6.45, 7) is 6.93. The molecule has 6 rings (SSSR count). The summed E-state index contributed by atoms with van der Waals surface area (Å²) in [5.41, 5.74) is 6.08. The van der Waals surface area contributed by atoms with Gasteiger partial charge in [0.05, 0.1) is 27.3 Å². The molecule has 0 radical (unpaired) electrons. The van der Waals surface area contributed by atoms with E-state index in [1.165, 1.54) is 12.8 Å². The summed E-state index contributed by atoms with van der Waals surface area (Å²) in [5, 5.41) is 4.43. The summed E-state index contributed by atoms with van der Waals surface area (Å²) in [7, 11) is -3.71. The van der Waals surface area contributed by atoms with E-state index in [0.717, 1.165) is 70.6 Å². The van der Waals surface area contributed by atoms with Crippen molar-refractivity contribution in [3.05, 3.63) is 84.1 Å². The molecule has 0 unspecified atom stereocenters. The van der Waals surface area contributed by atoms with Gasteiger partial charge in [-0.1, -0.05) is 48.0 Å². The Kier molecular flexibility index (Phi) is 6.83. The van der Waals surface area contributed by atoms with Crippen LogP contribution in [0.25, 0.3) is 33.3 Å². The number of benzene rings is 3. The molecule has 0 bridgehead atoms. The lowest BCUT2D eigenvalue weighted by atomic mass is 9.94. The first kappa shape index (κ1) is 25.5. The maximum absolute atomic E-state index is 13.0. The molecule has 2 N–H and O–H groups in total. The molecule has 1 fully saturated rings. The number of fused-ring (bicyclic) bond motifs is 3. The van der Waals surface area contributed by atoms with Crippen LogP contribution in [-0.4, -0.2) is 36.0 Å². The Morgan fingerprint density at radius 1 is 0.949 bits per heavy atom. The highest BCUT2D eigenvalue weighted by Crippen LogP contribution is 2.34. The molecule has 1 aliphatic heterocycles. The van der Waals surface area contributed by atoms with E-state index in [1.807, 2.05) is 50.2 Å². The summed E-state index contributed by atoms with van der Waals surface area (Å²) < 4.78 is 31.1. The monoisotopic (exact) mass is 539 g/mol. The van der Waals surface area contributed by atoms with Gasteiger partial charge in [0, 0.05) is 17.5 Å². The number of aryl methyl sites for hydroxylation is 3. The smallest absolute Gasteiger partial charge is 0.261 e. The minimum absolute atomic E-state index is 0.233. The Morgan fingerprint density at radius 3 is 2.44 bits per heavy atom.